The topological polar surface area (TPSA) is 58.2 Å². The van der Waals surface area contributed by atoms with Gasteiger partial charge in [0.1, 0.15) is 11.6 Å². The third-order valence-electron chi connectivity index (χ3n) is 2.03. The van der Waals surface area contributed by atoms with Crippen molar-refractivity contribution in [3.8, 4) is 0 Å². The summed E-state index contributed by atoms with van der Waals surface area (Å²) in [5.74, 6) is -1.88. The highest BCUT2D eigenvalue weighted by Crippen LogP contribution is 2.08. The first-order valence-corrected chi connectivity index (χ1v) is 5.64. The molecule has 0 bridgehead atoms. The van der Waals surface area contributed by atoms with Crippen LogP contribution in [-0.4, -0.2) is 17.8 Å². The molecule has 0 heterocycles. The van der Waals surface area contributed by atoms with E-state index in [4.69, 9.17) is 11.6 Å². The summed E-state index contributed by atoms with van der Waals surface area (Å²) in [6, 6.07) is 2.25. The van der Waals surface area contributed by atoms with Crippen LogP contribution in [-0.2, 0) is 11.3 Å². The van der Waals surface area contributed by atoms with Crippen LogP contribution < -0.4 is 10.6 Å². The van der Waals surface area contributed by atoms with E-state index in [0.29, 0.717) is 6.07 Å². The predicted octanol–water partition coefficient (Wildman–Crippen LogP) is 1.92. The number of alkyl halides is 1. The van der Waals surface area contributed by atoms with Gasteiger partial charge in [-0.2, -0.15) is 0 Å². The number of nitrogens with one attached hydrogen (secondary N) is 2. The molecule has 0 aliphatic carbocycles. The van der Waals surface area contributed by atoms with E-state index in [-0.39, 0.29) is 24.4 Å². The fraction of sp³-hybridized carbons (Fsp3) is 0.273. The summed E-state index contributed by atoms with van der Waals surface area (Å²) in [6.45, 7) is -0.147. The lowest BCUT2D eigenvalue weighted by atomic mass is 10.2. The normalized spacial score (nSPS) is 9.94. The number of halogens is 3. The van der Waals surface area contributed by atoms with Crippen molar-refractivity contribution in [1.29, 1.82) is 0 Å². The molecule has 3 amide bonds. The SMILES string of the molecule is O=C(CCCl)NC(=O)NCc1ccc(F)cc1F. The van der Waals surface area contributed by atoms with Crippen LogP contribution in [0.25, 0.3) is 0 Å². The summed E-state index contributed by atoms with van der Waals surface area (Å²) in [5.41, 5.74) is 0.122. The lowest BCUT2D eigenvalue weighted by Gasteiger charge is -2.07. The van der Waals surface area contributed by atoms with Crippen LogP contribution in [0.1, 0.15) is 12.0 Å². The van der Waals surface area contributed by atoms with Crippen molar-refractivity contribution < 1.29 is 18.4 Å². The number of amides is 3. The summed E-state index contributed by atoms with van der Waals surface area (Å²) in [6.07, 6.45) is 0.0138. The number of carbonyl (C=O) groups is 2. The lowest BCUT2D eigenvalue weighted by molar-refractivity contribution is -0.119. The van der Waals surface area contributed by atoms with E-state index in [0.717, 1.165) is 6.07 Å². The van der Waals surface area contributed by atoms with E-state index in [1.54, 1.807) is 0 Å². The Labute approximate surface area is 107 Å². The molecule has 18 heavy (non-hydrogen) atoms. The second-order valence-corrected chi connectivity index (χ2v) is 3.78. The molecule has 0 saturated carbocycles. The quantitative estimate of drug-likeness (QED) is 0.826. The average molecular weight is 277 g/mol. The first-order valence-electron chi connectivity index (χ1n) is 5.10. The minimum Gasteiger partial charge on any atom is -0.334 e. The molecule has 2 N–H and O–H groups in total. The zero-order valence-corrected chi connectivity index (χ0v) is 10.1. The fourth-order valence-corrected chi connectivity index (χ4v) is 1.33. The first kappa shape index (κ1) is 14.4. The molecule has 1 aromatic rings. The maximum atomic E-state index is 13.2. The van der Waals surface area contributed by atoms with Gasteiger partial charge in [-0.05, 0) is 6.07 Å². The molecule has 1 aromatic carbocycles. The average Bonchev–Trinajstić information content (AvgIpc) is 2.28. The third kappa shape index (κ3) is 4.67. The molecule has 0 spiro atoms. The summed E-state index contributed by atoms with van der Waals surface area (Å²) >= 11 is 5.31. The minimum atomic E-state index is -0.762. The number of hydrogen-bond acceptors (Lipinski definition) is 2. The molecule has 98 valence electrons. The Bertz CT molecular complexity index is 455. The highest BCUT2D eigenvalue weighted by Gasteiger charge is 2.08. The lowest BCUT2D eigenvalue weighted by Crippen LogP contribution is -2.39. The number of carbonyl (C=O) groups excluding carboxylic acids is 2. The van der Waals surface area contributed by atoms with Gasteiger partial charge in [-0.15, -0.1) is 11.6 Å². The van der Waals surface area contributed by atoms with Crippen molar-refractivity contribution in [3.63, 3.8) is 0 Å². The zero-order chi connectivity index (χ0) is 13.5. The number of rotatable bonds is 4. The molecule has 4 nitrogen and oxygen atoms in total. The number of benzene rings is 1. The van der Waals surface area contributed by atoms with Crippen molar-refractivity contribution in [2.24, 2.45) is 0 Å². The highest BCUT2D eigenvalue weighted by molar-refractivity contribution is 6.19. The Balaban J connectivity index is 2.45. The van der Waals surface area contributed by atoms with Gasteiger partial charge in [0.05, 0.1) is 0 Å². The smallest absolute Gasteiger partial charge is 0.321 e. The Hall–Kier alpha value is -1.69. The molecule has 0 radical (unpaired) electrons. The van der Waals surface area contributed by atoms with E-state index in [2.05, 4.69) is 5.32 Å². The number of hydrogen-bond donors (Lipinski definition) is 2. The predicted molar refractivity (Wildman–Crippen MR) is 62.1 cm³/mol. The Morgan fingerprint density at radius 2 is 2.00 bits per heavy atom. The van der Waals surface area contributed by atoms with Crippen molar-refractivity contribution in [2.45, 2.75) is 13.0 Å². The van der Waals surface area contributed by atoms with Crippen molar-refractivity contribution in [2.75, 3.05) is 5.88 Å². The monoisotopic (exact) mass is 276 g/mol. The first-order chi connectivity index (χ1) is 8.52. The molecular weight excluding hydrogens is 266 g/mol. The molecule has 1 rings (SSSR count). The van der Waals surface area contributed by atoms with Crippen LogP contribution in [0.15, 0.2) is 18.2 Å². The van der Waals surface area contributed by atoms with Gasteiger partial charge in [0.2, 0.25) is 5.91 Å². The van der Waals surface area contributed by atoms with Crippen LogP contribution in [0.4, 0.5) is 13.6 Å². The molecular formula is C11H11ClF2N2O2. The van der Waals surface area contributed by atoms with Crippen molar-refractivity contribution in [1.82, 2.24) is 10.6 Å². The van der Waals surface area contributed by atoms with E-state index >= 15 is 0 Å². The standard InChI is InChI=1S/C11H11ClF2N2O2/c12-4-3-10(17)16-11(18)15-6-7-1-2-8(13)5-9(7)14/h1-2,5H,3-4,6H2,(H2,15,16,17,18). The molecule has 0 aromatic heterocycles. The van der Waals surface area contributed by atoms with Crippen molar-refractivity contribution in [3.05, 3.63) is 35.4 Å². The molecule has 0 unspecified atom stereocenters. The van der Waals surface area contributed by atoms with Crippen LogP contribution >= 0.6 is 11.6 Å². The Morgan fingerprint density at radius 3 is 2.61 bits per heavy atom. The summed E-state index contributed by atoms with van der Waals surface area (Å²) in [4.78, 5) is 22.2. The Morgan fingerprint density at radius 1 is 1.28 bits per heavy atom. The number of imide groups is 1. The second-order valence-electron chi connectivity index (χ2n) is 3.41. The van der Waals surface area contributed by atoms with E-state index in [1.165, 1.54) is 6.07 Å². The fourth-order valence-electron chi connectivity index (χ4n) is 1.16. The summed E-state index contributed by atoms with van der Waals surface area (Å²) in [5, 5.41) is 4.28. The van der Waals surface area contributed by atoms with Gasteiger partial charge in [0.15, 0.2) is 0 Å². The van der Waals surface area contributed by atoms with Crippen LogP contribution in [0, 0.1) is 11.6 Å². The van der Waals surface area contributed by atoms with Crippen LogP contribution in [0.2, 0.25) is 0 Å². The Kier molecular flexibility index (Phi) is 5.51. The molecule has 7 heteroatoms. The third-order valence-corrected chi connectivity index (χ3v) is 2.22. The number of urea groups is 1. The van der Waals surface area contributed by atoms with Gasteiger partial charge in [-0.1, -0.05) is 6.07 Å². The van der Waals surface area contributed by atoms with Gasteiger partial charge in [-0.25, -0.2) is 13.6 Å². The molecule has 0 aliphatic heterocycles. The molecule has 0 fully saturated rings. The maximum absolute atomic E-state index is 13.2. The van der Waals surface area contributed by atoms with Gasteiger partial charge < -0.3 is 5.32 Å². The van der Waals surface area contributed by atoms with Crippen molar-refractivity contribution >= 4 is 23.5 Å². The van der Waals surface area contributed by atoms with Gasteiger partial charge >= 0.3 is 6.03 Å². The molecule has 0 aliphatic rings. The minimum absolute atomic E-state index is 0.0138. The second kappa shape index (κ2) is 6.90. The molecule has 0 atom stereocenters. The van der Waals surface area contributed by atoms with Crippen LogP contribution in [0.3, 0.4) is 0 Å². The largest absolute Gasteiger partial charge is 0.334 e. The summed E-state index contributed by atoms with van der Waals surface area (Å²) in [7, 11) is 0. The highest BCUT2D eigenvalue weighted by atomic mass is 35.5. The van der Waals surface area contributed by atoms with Gasteiger partial charge in [0, 0.05) is 30.5 Å². The van der Waals surface area contributed by atoms with Gasteiger partial charge in [-0.3, -0.25) is 10.1 Å². The molecule has 0 saturated heterocycles. The van der Waals surface area contributed by atoms with E-state index in [9.17, 15) is 18.4 Å². The zero-order valence-electron chi connectivity index (χ0n) is 9.30. The van der Waals surface area contributed by atoms with E-state index < -0.39 is 23.6 Å². The maximum Gasteiger partial charge on any atom is 0.321 e. The summed E-state index contributed by atoms with van der Waals surface area (Å²) < 4.78 is 25.8. The van der Waals surface area contributed by atoms with E-state index in [1.807, 2.05) is 5.32 Å². The van der Waals surface area contributed by atoms with Gasteiger partial charge in [0.25, 0.3) is 0 Å². The van der Waals surface area contributed by atoms with Crippen LogP contribution in [0.5, 0.6) is 0 Å².